The fourth-order valence-corrected chi connectivity index (χ4v) is 2.64. The number of para-hydroxylation sites is 1. The summed E-state index contributed by atoms with van der Waals surface area (Å²) >= 11 is 0. The Bertz CT molecular complexity index is 503. The van der Waals surface area contributed by atoms with Crippen molar-refractivity contribution in [2.24, 2.45) is 0 Å². The molecule has 1 unspecified atom stereocenters. The molecule has 0 spiro atoms. The molecule has 0 saturated heterocycles. The van der Waals surface area contributed by atoms with Crippen molar-refractivity contribution in [3.05, 3.63) is 65.7 Å². The van der Waals surface area contributed by atoms with E-state index < -0.39 is 0 Å². The van der Waals surface area contributed by atoms with Crippen LogP contribution in [0.4, 0.5) is 0 Å². The molecule has 0 N–H and O–H groups in total. The van der Waals surface area contributed by atoms with Gasteiger partial charge in [0.2, 0.25) is 0 Å². The molecule has 0 amide bonds. The maximum absolute atomic E-state index is 6.02. The monoisotopic (exact) mass is 238 g/mol. The molecule has 1 aliphatic rings. The van der Waals surface area contributed by atoms with Gasteiger partial charge in [-0.1, -0.05) is 55.5 Å². The quantitative estimate of drug-likeness (QED) is 0.730. The van der Waals surface area contributed by atoms with Crippen LogP contribution < -0.4 is 4.74 Å². The second-order valence-electron chi connectivity index (χ2n) is 5.32. The van der Waals surface area contributed by atoms with Gasteiger partial charge in [0.25, 0.3) is 0 Å². The van der Waals surface area contributed by atoms with Crippen molar-refractivity contribution in [3.63, 3.8) is 0 Å². The maximum atomic E-state index is 6.02. The largest absolute Gasteiger partial charge is 0.492 e. The third kappa shape index (κ3) is 2.01. The van der Waals surface area contributed by atoms with E-state index in [9.17, 15) is 0 Å². The first kappa shape index (κ1) is 11.3. The molecule has 0 radical (unpaired) electrons. The Balaban J connectivity index is 1.91. The molecule has 1 heteroatoms. The zero-order valence-electron chi connectivity index (χ0n) is 10.7. The molecule has 0 fully saturated rings. The lowest BCUT2D eigenvalue weighted by Gasteiger charge is -2.27. The van der Waals surface area contributed by atoms with Crippen molar-refractivity contribution in [1.29, 1.82) is 0 Å². The summed E-state index contributed by atoms with van der Waals surface area (Å²) in [6.07, 6.45) is 2.22. The van der Waals surface area contributed by atoms with Gasteiger partial charge in [0.15, 0.2) is 0 Å². The van der Waals surface area contributed by atoms with Gasteiger partial charge in [0, 0.05) is 5.41 Å². The highest BCUT2D eigenvalue weighted by Crippen LogP contribution is 2.35. The number of hydrogen-bond acceptors (Lipinski definition) is 1. The Morgan fingerprint density at radius 1 is 0.944 bits per heavy atom. The van der Waals surface area contributed by atoms with E-state index in [2.05, 4.69) is 55.5 Å². The summed E-state index contributed by atoms with van der Waals surface area (Å²) in [6.45, 7) is 3.06. The van der Waals surface area contributed by atoms with Crippen LogP contribution in [0.3, 0.4) is 0 Å². The lowest BCUT2D eigenvalue weighted by Crippen LogP contribution is -2.29. The molecule has 1 heterocycles. The molecular weight excluding hydrogens is 220 g/mol. The van der Waals surface area contributed by atoms with Crippen LogP contribution in [0.25, 0.3) is 0 Å². The topological polar surface area (TPSA) is 9.23 Å². The second kappa shape index (κ2) is 4.49. The first-order chi connectivity index (χ1) is 8.78. The van der Waals surface area contributed by atoms with E-state index in [1.165, 1.54) is 11.1 Å². The maximum Gasteiger partial charge on any atom is 0.122 e. The lowest BCUT2D eigenvalue weighted by atomic mass is 9.79. The molecule has 0 aromatic heterocycles. The van der Waals surface area contributed by atoms with E-state index in [-0.39, 0.29) is 5.41 Å². The van der Waals surface area contributed by atoms with Crippen LogP contribution in [0.1, 0.15) is 24.5 Å². The van der Waals surface area contributed by atoms with Crippen LogP contribution in [0.15, 0.2) is 54.6 Å². The third-order valence-electron chi connectivity index (χ3n) is 3.94. The summed E-state index contributed by atoms with van der Waals surface area (Å²) in [4.78, 5) is 0. The number of ether oxygens (including phenoxy) is 1. The zero-order chi connectivity index (χ0) is 12.4. The summed E-state index contributed by atoms with van der Waals surface area (Å²) in [5, 5.41) is 0. The molecule has 92 valence electrons. The van der Waals surface area contributed by atoms with Crippen molar-refractivity contribution >= 4 is 0 Å². The van der Waals surface area contributed by atoms with Crippen LogP contribution in [-0.4, -0.2) is 6.61 Å². The summed E-state index contributed by atoms with van der Waals surface area (Å²) in [7, 11) is 0. The van der Waals surface area contributed by atoms with E-state index in [1.54, 1.807) is 0 Å². The molecular formula is C17H18O. The normalized spacial score (nSPS) is 22.7. The molecule has 0 saturated carbocycles. The zero-order valence-corrected chi connectivity index (χ0v) is 10.7. The summed E-state index contributed by atoms with van der Waals surface area (Å²) < 4.78 is 6.02. The number of aryl methyl sites for hydroxylation is 1. The molecule has 18 heavy (non-hydrogen) atoms. The van der Waals surface area contributed by atoms with Gasteiger partial charge < -0.3 is 4.74 Å². The number of rotatable bonds is 1. The highest BCUT2D eigenvalue weighted by Gasteiger charge is 2.30. The second-order valence-corrected chi connectivity index (χ2v) is 5.32. The minimum Gasteiger partial charge on any atom is -0.492 e. The molecule has 0 aliphatic carbocycles. The minimum absolute atomic E-state index is 0.111. The first-order valence-electron chi connectivity index (χ1n) is 6.54. The smallest absolute Gasteiger partial charge is 0.122 e. The summed E-state index contributed by atoms with van der Waals surface area (Å²) in [6, 6.07) is 19.1. The highest BCUT2D eigenvalue weighted by molar-refractivity contribution is 5.36. The SMILES string of the molecule is CC1(c2ccccc2)CCc2ccccc2OC1. The fourth-order valence-electron chi connectivity index (χ4n) is 2.64. The molecule has 2 aromatic rings. The molecule has 1 atom stereocenters. The van der Waals surface area contributed by atoms with Crippen LogP contribution in [0.5, 0.6) is 5.75 Å². The third-order valence-corrected chi connectivity index (χ3v) is 3.94. The molecule has 0 bridgehead atoms. The van der Waals surface area contributed by atoms with Gasteiger partial charge in [0.1, 0.15) is 5.75 Å². The van der Waals surface area contributed by atoms with E-state index >= 15 is 0 Å². The number of benzene rings is 2. The Kier molecular flexibility index (Phi) is 2.83. The Hall–Kier alpha value is -1.76. The number of fused-ring (bicyclic) bond motifs is 1. The van der Waals surface area contributed by atoms with Crippen molar-refractivity contribution in [3.8, 4) is 5.75 Å². The Labute approximate surface area is 108 Å². The van der Waals surface area contributed by atoms with Gasteiger partial charge in [-0.05, 0) is 30.0 Å². The Morgan fingerprint density at radius 2 is 1.67 bits per heavy atom. The van der Waals surface area contributed by atoms with Crippen LogP contribution in [-0.2, 0) is 11.8 Å². The lowest BCUT2D eigenvalue weighted by molar-refractivity contribution is 0.231. The van der Waals surface area contributed by atoms with Crippen LogP contribution in [0.2, 0.25) is 0 Å². The summed E-state index contributed by atoms with van der Waals surface area (Å²) in [5.74, 6) is 1.05. The van der Waals surface area contributed by atoms with Gasteiger partial charge in [-0.25, -0.2) is 0 Å². The predicted octanol–water partition coefficient (Wildman–Crippen LogP) is 3.97. The first-order valence-corrected chi connectivity index (χ1v) is 6.54. The molecule has 1 aliphatic heterocycles. The van der Waals surface area contributed by atoms with Crippen LogP contribution in [0, 0.1) is 0 Å². The predicted molar refractivity (Wildman–Crippen MR) is 74.1 cm³/mol. The van der Waals surface area contributed by atoms with Crippen molar-refractivity contribution in [2.45, 2.75) is 25.2 Å². The molecule has 3 rings (SSSR count). The van der Waals surface area contributed by atoms with Gasteiger partial charge in [-0.3, -0.25) is 0 Å². The minimum atomic E-state index is 0.111. The van der Waals surface area contributed by atoms with Gasteiger partial charge in [0.05, 0.1) is 6.61 Å². The Morgan fingerprint density at radius 3 is 2.50 bits per heavy atom. The molecule has 1 nitrogen and oxygen atoms in total. The fraction of sp³-hybridized carbons (Fsp3) is 0.294. The average molecular weight is 238 g/mol. The van der Waals surface area contributed by atoms with Crippen molar-refractivity contribution in [2.75, 3.05) is 6.61 Å². The van der Waals surface area contributed by atoms with Gasteiger partial charge in [-0.15, -0.1) is 0 Å². The standard InChI is InChI=1S/C17H18O/c1-17(15-8-3-2-4-9-15)12-11-14-7-5-6-10-16(14)18-13-17/h2-10H,11-13H2,1H3. The van der Waals surface area contributed by atoms with E-state index in [1.807, 2.05) is 6.07 Å². The summed E-state index contributed by atoms with van der Waals surface area (Å²) in [5.41, 5.74) is 2.82. The van der Waals surface area contributed by atoms with E-state index in [4.69, 9.17) is 4.74 Å². The van der Waals surface area contributed by atoms with Gasteiger partial charge in [-0.2, -0.15) is 0 Å². The average Bonchev–Trinajstić information content (AvgIpc) is 2.61. The number of hydrogen-bond donors (Lipinski definition) is 0. The highest BCUT2D eigenvalue weighted by atomic mass is 16.5. The van der Waals surface area contributed by atoms with Crippen molar-refractivity contribution < 1.29 is 4.74 Å². The van der Waals surface area contributed by atoms with E-state index in [0.29, 0.717) is 0 Å². The van der Waals surface area contributed by atoms with Crippen molar-refractivity contribution in [1.82, 2.24) is 0 Å². The van der Waals surface area contributed by atoms with E-state index in [0.717, 1.165) is 25.2 Å². The van der Waals surface area contributed by atoms with Crippen LogP contribution >= 0.6 is 0 Å². The molecule has 2 aromatic carbocycles. The van der Waals surface area contributed by atoms with Gasteiger partial charge >= 0.3 is 0 Å².